The van der Waals surface area contributed by atoms with Crippen molar-refractivity contribution in [1.29, 1.82) is 0 Å². The Morgan fingerprint density at radius 3 is 0.847 bits per heavy atom. The molecule has 72 heavy (non-hydrogen) atoms. The number of rotatable bonds is 6. The molecule has 0 saturated carbocycles. The first-order valence-electron chi connectivity index (χ1n) is 26.1. The minimum Gasteiger partial charge on any atom is -0.507 e. The molecule has 8 aromatic rings. The smallest absolute Gasteiger partial charge is 0.127 e. The monoisotopic (exact) mass is 957 g/mol. The van der Waals surface area contributed by atoms with Crippen molar-refractivity contribution in [3.63, 3.8) is 0 Å². The van der Waals surface area contributed by atoms with Gasteiger partial charge in [-0.3, -0.25) is 0 Å². The first kappa shape index (κ1) is 50.4. The predicted octanol–water partition coefficient (Wildman–Crippen LogP) is 17.6. The van der Waals surface area contributed by atoms with Gasteiger partial charge in [-0.25, -0.2) is 0 Å². The zero-order chi connectivity index (χ0) is 51.7. The Hall–Kier alpha value is -6.52. The van der Waals surface area contributed by atoms with Crippen molar-refractivity contribution in [2.75, 3.05) is 0 Å². The first-order chi connectivity index (χ1) is 33.8. The molecule has 2 N–H and O–H groups in total. The van der Waals surface area contributed by atoms with Gasteiger partial charge in [0.1, 0.15) is 35.2 Å². The molecule has 0 fully saturated rings. The fourth-order valence-electron chi connectivity index (χ4n) is 10.4. The maximum Gasteiger partial charge on any atom is 0.127 e. The summed E-state index contributed by atoms with van der Waals surface area (Å²) in [4.78, 5) is 0. The van der Waals surface area contributed by atoms with Gasteiger partial charge in [0.2, 0.25) is 0 Å². The minimum atomic E-state index is -0.300. The summed E-state index contributed by atoms with van der Waals surface area (Å²) < 4.78 is 14.7. The number of fused-ring (bicyclic) bond motifs is 10. The topological polar surface area (TPSA) is 58.9 Å². The van der Waals surface area contributed by atoms with E-state index in [0.29, 0.717) is 37.2 Å². The Balaban J connectivity index is 1.31. The molecular weight excluding hydrogens is 881 g/mol. The third kappa shape index (κ3) is 10.5. The molecule has 9 rings (SSSR count). The molecule has 2 atom stereocenters. The molecule has 0 aliphatic heterocycles. The third-order valence-corrected chi connectivity index (χ3v) is 15.1. The van der Waals surface area contributed by atoms with Crippen LogP contribution in [0.4, 0.5) is 0 Å². The summed E-state index contributed by atoms with van der Waals surface area (Å²) in [6, 6.07) is 48.1. The lowest BCUT2D eigenvalue weighted by molar-refractivity contribution is 0.223. The van der Waals surface area contributed by atoms with Crippen molar-refractivity contribution in [3.8, 4) is 23.0 Å². The molecule has 4 nitrogen and oxygen atoms in total. The molecule has 8 bridgehead atoms. The van der Waals surface area contributed by atoms with Crippen LogP contribution in [0.5, 0.6) is 23.0 Å². The van der Waals surface area contributed by atoms with Crippen molar-refractivity contribution in [1.82, 2.24) is 0 Å². The first-order valence-corrected chi connectivity index (χ1v) is 26.1. The van der Waals surface area contributed by atoms with Crippen molar-refractivity contribution in [2.24, 2.45) is 0 Å². The van der Waals surface area contributed by atoms with Gasteiger partial charge in [0, 0.05) is 25.7 Å². The van der Waals surface area contributed by atoms with E-state index in [0.717, 1.165) is 78.3 Å². The van der Waals surface area contributed by atoms with Crippen LogP contribution in [0.2, 0.25) is 0 Å². The zero-order valence-electron chi connectivity index (χ0n) is 45.4. The average molecular weight is 957 g/mol. The number of ether oxygens (including phenoxy) is 2. The van der Waals surface area contributed by atoms with E-state index in [4.69, 9.17) is 9.47 Å². The highest BCUT2D eigenvalue weighted by molar-refractivity contribution is 5.84. The lowest BCUT2D eigenvalue weighted by Crippen LogP contribution is -2.17. The quantitative estimate of drug-likeness (QED) is 0.174. The van der Waals surface area contributed by atoms with Crippen molar-refractivity contribution in [3.05, 3.63) is 211 Å². The van der Waals surface area contributed by atoms with Gasteiger partial charge in [-0.15, -0.1) is 0 Å². The molecular formula is C68H76O4. The van der Waals surface area contributed by atoms with E-state index in [9.17, 15) is 10.2 Å². The SMILES string of the molecule is C[C@H](Oc1c2cc(C(C)(C)C)cc1Cc1cc(C(C)(C)C)cc(c1O)Cc1cc(C(C)(C)C)cc(c1O[C@@H](C)c1ccc3ccccc3c1)Cc1cc(C(C)(C)C)cc(c1O)C2)c1ccc2ccccc2c1. The highest BCUT2D eigenvalue weighted by atomic mass is 16.5. The van der Waals surface area contributed by atoms with Crippen LogP contribution in [-0.2, 0) is 47.3 Å². The van der Waals surface area contributed by atoms with Crippen LogP contribution in [0.25, 0.3) is 21.5 Å². The van der Waals surface area contributed by atoms with Crippen LogP contribution in [0.3, 0.4) is 0 Å². The molecule has 1 aliphatic rings. The van der Waals surface area contributed by atoms with Gasteiger partial charge < -0.3 is 19.7 Å². The largest absolute Gasteiger partial charge is 0.507 e. The van der Waals surface area contributed by atoms with Gasteiger partial charge in [-0.2, -0.15) is 0 Å². The number of phenolic OH excluding ortho intramolecular Hbond substituents is 2. The van der Waals surface area contributed by atoms with Gasteiger partial charge in [-0.1, -0.05) is 204 Å². The normalized spacial score (nSPS) is 14.3. The summed E-state index contributed by atoms with van der Waals surface area (Å²) in [6.07, 6.45) is 1.15. The zero-order valence-corrected chi connectivity index (χ0v) is 45.4. The molecule has 0 saturated heterocycles. The molecule has 0 unspecified atom stereocenters. The summed E-state index contributed by atoms with van der Waals surface area (Å²) in [7, 11) is 0. The number of aromatic hydroxyl groups is 2. The number of hydrogen-bond donors (Lipinski definition) is 2. The van der Waals surface area contributed by atoms with Crippen LogP contribution in [-0.4, -0.2) is 10.2 Å². The Morgan fingerprint density at radius 1 is 0.333 bits per heavy atom. The van der Waals surface area contributed by atoms with Gasteiger partial charge in [0.15, 0.2) is 0 Å². The second-order valence-electron chi connectivity index (χ2n) is 25.0. The Morgan fingerprint density at radius 2 is 0.583 bits per heavy atom. The maximum atomic E-state index is 12.9. The summed E-state index contributed by atoms with van der Waals surface area (Å²) in [6.45, 7) is 31.3. The molecule has 4 heteroatoms. The lowest BCUT2D eigenvalue weighted by atomic mass is 9.79. The highest BCUT2D eigenvalue weighted by Gasteiger charge is 2.30. The number of hydrogen-bond acceptors (Lipinski definition) is 4. The molecule has 0 spiro atoms. The van der Waals surface area contributed by atoms with E-state index in [2.05, 4.69) is 230 Å². The summed E-state index contributed by atoms with van der Waals surface area (Å²) >= 11 is 0. The average Bonchev–Trinajstić information content (AvgIpc) is 3.30. The second-order valence-corrected chi connectivity index (χ2v) is 25.0. The molecule has 0 heterocycles. The van der Waals surface area contributed by atoms with Crippen LogP contribution in [0, 0.1) is 0 Å². The molecule has 8 aromatic carbocycles. The van der Waals surface area contributed by atoms with E-state index in [1.54, 1.807) is 0 Å². The van der Waals surface area contributed by atoms with Crippen LogP contribution < -0.4 is 9.47 Å². The van der Waals surface area contributed by atoms with Gasteiger partial charge >= 0.3 is 0 Å². The second kappa shape index (κ2) is 18.8. The maximum absolute atomic E-state index is 12.9. The molecule has 0 radical (unpaired) electrons. The number of benzene rings is 8. The van der Waals surface area contributed by atoms with Crippen molar-refractivity contribution in [2.45, 2.75) is 156 Å². The van der Waals surface area contributed by atoms with Crippen molar-refractivity contribution >= 4 is 21.5 Å². The van der Waals surface area contributed by atoms with Gasteiger partial charge in [0.25, 0.3) is 0 Å². The van der Waals surface area contributed by atoms with Gasteiger partial charge in [-0.05, 0) is 147 Å². The Kier molecular flexibility index (Phi) is 13.2. The summed E-state index contributed by atoms with van der Waals surface area (Å²) in [5.41, 5.74) is 13.4. The standard InChI is InChI=1S/C68H76O4/c1-41(45-25-23-43-19-15-17-21-47(43)27-45)71-63-53-29-49-33-57(65(3,4)5)35-51(61(49)69)31-55-39-60(68(12,13)14)40-56(64(55)72-42(2)46-26-24-44-20-16-18-22-48(44)28-46)32-52-36-58(66(6,7)8)34-50(62(52)70)30-54(63)38-59(37-53)67(9,10)11/h15-28,33-42,69-70H,29-32H2,1-14H3/t41-,42-/m0/s1. The van der Waals surface area contributed by atoms with E-state index >= 15 is 0 Å². The van der Waals surface area contributed by atoms with E-state index in [1.807, 2.05) is 0 Å². The fraction of sp³-hybridized carbons (Fsp3) is 0.353. The van der Waals surface area contributed by atoms with Crippen LogP contribution in [0.1, 0.15) is 187 Å². The minimum absolute atomic E-state index is 0.207. The molecule has 1 aliphatic carbocycles. The van der Waals surface area contributed by atoms with E-state index in [1.165, 1.54) is 32.7 Å². The Labute approximate surface area is 430 Å². The van der Waals surface area contributed by atoms with Crippen LogP contribution >= 0.6 is 0 Å². The van der Waals surface area contributed by atoms with Gasteiger partial charge in [0.05, 0.1) is 0 Å². The molecule has 372 valence electrons. The summed E-state index contributed by atoms with van der Waals surface area (Å²) in [5, 5.41) is 30.5. The summed E-state index contributed by atoms with van der Waals surface area (Å²) in [5.74, 6) is 2.16. The van der Waals surface area contributed by atoms with E-state index < -0.39 is 0 Å². The Bertz CT molecular complexity index is 3020. The molecule has 0 amide bonds. The number of phenols is 2. The lowest BCUT2D eigenvalue weighted by Gasteiger charge is -2.29. The predicted molar refractivity (Wildman–Crippen MR) is 301 cm³/mol. The van der Waals surface area contributed by atoms with E-state index in [-0.39, 0.29) is 33.9 Å². The fourth-order valence-corrected chi connectivity index (χ4v) is 10.4. The molecule has 0 aromatic heterocycles. The third-order valence-electron chi connectivity index (χ3n) is 15.1. The van der Waals surface area contributed by atoms with Crippen molar-refractivity contribution < 1.29 is 19.7 Å². The highest BCUT2D eigenvalue weighted by Crippen LogP contribution is 2.45. The van der Waals surface area contributed by atoms with Crippen LogP contribution in [0.15, 0.2) is 133 Å².